The van der Waals surface area contributed by atoms with Crippen LogP contribution in [-0.2, 0) is 4.43 Å². The summed E-state index contributed by atoms with van der Waals surface area (Å²) in [5, 5.41) is 0.810. The van der Waals surface area contributed by atoms with Crippen LogP contribution in [0.5, 0.6) is 0 Å². The molecule has 0 saturated carbocycles. The molecule has 2 heterocycles. The topological polar surface area (TPSA) is 25.4 Å². The lowest BCUT2D eigenvalue weighted by Crippen LogP contribution is -2.44. The molecule has 0 aromatic carbocycles. The van der Waals surface area contributed by atoms with Gasteiger partial charge in [-0.1, -0.05) is 32.4 Å². The third-order valence-corrected chi connectivity index (χ3v) is 9.25. The van der Waals surface area contributed by atoms with Gasteiger partial charge in [0.05, 0.1) is 18.0 Å². The first-order valence-corrected chi connectivity index (χ1v) is 10.5. The van der Waals surface area contributed by atoms with Crippen LogP contribution in [0, 0.1) is 0 Å². The molecule has 0 spiro atoms. The van der Waals surface area contributed by atoms with Gasteiger partial charge in [0.2, 0.25) is 0 Å². The average Bonchev–Trinajstić information content (AvgIpc) is 2.76. The van der Waals surface area contributed by atoms with Gasteiger partial charge in [-0.3, -0.25) is 0 Å². The first kappa shape index (κ1) is 15.8. The number of pyridine rings is 1. The van der Waals surface area contributed by atoms with Crippen molar-refractivity contribution in [2.75, 3.05) is 18.0 Å². The number of halogens is 1. The van der Waals surface area contributed by atoms with Crippen LogP contribution < -0.4 is 4.90 Å². The maximum absolute atomic E-state index is 6.49. The maximum Gasteiger partial charge on any atom is 0.192 e. The van der Waals surface area contributed by atoms with Gasteiger partial charge in [-0.15, -0.1) is 0 Å². The molecule has 20 heavy (non-hydrogen) atoms. The normalized spacial score (nSPS) is 20.5. The average molecular weight is 313 g/mol. The van der Waals surface area contributed by atoms with Crippen LogP contribution in [0.25, 0.3) is 0 Å². The largest absolute Gasteiger partial charge is 0.412 e. The third-order valence-electron chi connectivity index (χ3n) is 4.49. The van der Waals surface area contributed by atoms with Gasteiger partial charge in [0, 0.05) is 13.1 Å². The summed E-state index contributed by atoms with van der Waals surface area (Å²) >= 11 is 5.84. The summed E-state index contributed by atoms with van der Waals surface area (Å²) in [5.41, 5.74) is 1.13. The molecule has 1 unspecified atom stereocenters. The fourth-order valence-corrected chi connectivity index (χ4v) is 3.70. The quantitative estimate of drug-likeness (QED) is 0.613. The van der Waals surface area contributed by atoms with Gasteiger partial charge in [0.1, 0.15) is 5.15 Å². The summed E-state index contributed by atoms with van der Waals surface area (Å²) in [6.07, 6.45) is 3.28. The molecule has 112 valence electrons. The molecule has 1 aliphatic heterocycles. The SMILES string of the molecule is CC(C)(C)[Si](C)(C)OC1CCN(c2ccc(Cl)nc2)C1. The van der Waals surface area contributed by atoms with Crippen molar-refractivity contribution in [3.63, 3.8) is 0 Å². The van der Waals surface area contributed by atoms with E-state index in [4.69, 9.17) is 16.0 Å². The maximum atomic E-state index is 6.49. The van der Waals surface area contributed by atoms with E-state index in [9.17, 15) is 0 Å². The lowest BCUT2D eigenvalue weighted by Gasteiger charge is -2.38. The van der Waals surface area contributed by atoms with Crippen molar-refractivity contribution in [1.82, 2.24) is 4.98 Å². The van der Waals surface area contributed by atoms with Crippen molar-refractivity contribution >= 4 is 25.6 Å². The zero-order valence-electron chi connectivity index (χ0n) is 13.1. The van der Waals surface area contributed by atoms with E-state index in [2.05, 4.69) is 43.7 Å². The van der Waals surface area contributed by atoms with Gasteiger partial charge in [-0.2, -0.15) is 0 Å². The van der Waals surface area contributed by atoms with Crippen LogP contribution in [0.15, 0.2) is 18.3 Å². The zero-order chi connectivity index (χ0) is 15.0. The number of rotatable bonds is 3. The minimum atomic E-state index is -1.67. The molecule has 1 aliphatic rings. The molecule has 1 fully saturated rings. The predicted octanol–water partition coefficient (Wildman–Crippen LogP) is 4.34. The van der Waals surface area contributed by atoms with Crippen molar-refractivity contribution in [3.8, 4) is 0 Å². The summed E-state index contributed by atoms with van der Waals surface area (Å²) in [7, 11) is -1.67. The van der Waals surface area contributed by atoms with E-state index in [0.29, 0.717) is 11.3 Å². The van der Waals surface area contributed by atoms with E-state index in [0.717, 1.165) is 25.2 Å². The van der Waals surface area contributed by atoms with E-state index in [-0.39, 0.29) is 5.04 Å². The molecule has 1 saturated heterocycles. The predicted molar refractivity (Wildman–Crippen MR) is 88.1 cm³/mol. The second-order valence-corrected chi connectivity index (χ2v) is 12.2. The Morgan fingerprint density at radius 3 is 2.60 bits per heavy atom. The molecule has 0 N–H and O–H groups in total. The van der Waals surface area contributed by atoms with Crippen LogP contribution in [0.2, 0.25) is 23.3 Å². The minimum Gasteiger partial charge on any atom is -0.412 e. The highest BCUT2D eigenvalue weighted by Crippen LogP contribution is 2.38. The van der Waals surface area contributed by atoms with Gasteiger partial charge < -0.3 is 9.33 Å². The number of nitrogens with zero attached hydrogens (tertiary/aromatic N) is 2. The Morgan fingerprint density at radius 2 is 2.05 bits per heavy atom. The van der Waals surface area contributed by atoms with Gasteiger partial charge in [0.25, 0.3) is 0 Å². The fourth-order valence-electron chi connectivity index (χ4n) is 2.21. The molecule has 0 radical (unpaired) electrons. The third kappa shape index (κ3) is 3.54. The van der Waals surface area contributed by atoms with Gasteiger partial charge >= 0.3 is 0 Å². The molecular formula is C15H25ClN2OSi. The van der Waals surface area contributed by atoms with Gasteiger partial charge in [0.15, 0.2) is 8.32 Å². The van der Waals surface area contributed by atoms with E-state index in [1.165, 1.54) is 0 Å². The highest BCUT2D eigenvalue weighted by atomic mass is 35.5. The van der Waals surface area contributed by atoms with Crippen molar-refractivity contribution in [2.24, 2.45) is 0 Å². The van der Waals surface area contributed by atoms with Crippen molar-refractivity contribution in [1.29, 1.82) is 0 Å². The first-order valence-electron chi connectivity index (χ1n) is 7.23. The molecule has 0 bridgehead atoms. The lowest BCUT2D eigenvalue weighted by molar-refractivity contribution is 0.202. The highest BCUT2D eigenvalue weighted by molar-refractivity contribution is 6.74. The zero-order valence-corrected chi connectivity index (χ0v) is 14.9. The summed E-state index contributed by atoms with van der Waals surface area (Å²) in [6, 6.07) is 3.88. The lowest BCUT2D eigenvalue weighted by atomic mass is 10.2. The second kappa shape index (κ2) is 5.66. The summed E-state index contributed by atoms with van der Waals surface area (Å²) < 4.78 is 6.49. The second-order valence-electron chi connectivity index (χ2n) is 7.07. The molecule has 3 nitrogen and oxygen atoms in total. The molecule has 2 rings (SSSR count). The van der Waals surface area contributed by atoms with Crippen molar-refractivity contribution in [2.45, 2.75) is 51.4 Å². The van der Waals surface area contributed by atoms with E-state index >= 15 is 0 Å². The summed E-state index contributed by atoms with van der Waals surface area (Å²) in [4.78, 5) is 6.49. The van der Waals surface area contributed by atoms with Crippen LogP contribution in [0.3, 0.4) is 0 Å². The number of hydrogen-bond acceptors (Lipinski definition) is 3. The Labute approximate surface area is 128 Å². The Hall–Kier alpha value is -0.583. The molecule has 0 amide bonds. The van der Waals surface area contributed by atoms with E-state index in [1.807, 2.05) is 18.3 Å². The molecule has 1 aromatic heterocycles. The molecule has 1 aromatic rings. The number of hydrogen-bond donors (Lipinski definition) is 0. The van der Waals surface area contributed by atoms with E-state index < -0.39 is 8.32 Å². The monoisotopic (exact) mass is 312 g/mol. The molecular weight excluding hydrogens is 288 g/mol. The van der Waals surface area contributed by atoms with Crippen molar-refractivity contribution < 1.29 is 4.43 Å². The molecule has 5 heteroatoms. The van der Waals surface area contributed by atoms with Crippen LogP contribution in [0.4, 0.5) is 5.69 Å². The molecule has 1 atom stereocenters. The Kier molecular flexibility index (Phi) is 4.47. The van der Waals surface area contributed by atoms with Crippen molar-refractivity contribution in [3.05, 3.63) is 23.5 Å². The van der Waals surface area contributed by atoms with Gasteiger partial charge in [-0.05, 0) is 36.7 Å². The molecule has 0 aliphatic carbocycles. The fraction of sp³-hybridized carbons (Fsp3) is 0.667. The van der Waals surface area contributed by atoms with E-state index in [1.54, 1.807) is 0 Å². The van der Waals surface area contributed by atoms with Crippen LogP contribution in [-0.4, -0.2) is 32.5 Å². The number of aromatic nitrogens is 1. The standard InChI is InChI=1S/C15H25ClN2OSi/c1-15(2,3)20(4,5)19-13-8-9-18(11-13)12-6-7-14(16)17-10-12/h6-7,10,13H,8-9,11H2,1-5H3. The Bertz CT molecular complexity index is 456. The summed E-state index contributed by atoms with van der Waals surface area (Å²) in [6.45, 7) is 13.5. The Morgan fingerprint density at radius 1 is 1.35 bits per heavy atom. The number of anilines is 1. The van der Waals surface area contributed by atoms with Crippen LogP contribution >= 0.6 is 11.6 Å². The Balaban J connectivity index is 1.98. The smallest absolute Gasteiger partial charge is 0.192 e. The van der Waals surface area contributed by atoms with Gasteiger partial charge in [-0.25, -0.2) is 4.98 Å². The minimum absolute atomic E-state index is 0.266. The first-order chi connectivity index (χ1) is 9.19. The summed E-state index contributed by atoms with van der Waals surface area (Å²) in [5.74, 6) is 0. The van der Waals surface area contributed by atoms with Crippen LogP contribution in [0.1, 0.15) is 27.2 Å². The highest BCUT2D eigenvalue weighted by Gasteiger charge is 2.40.